The Morgan fingerprint density at radius 1 is 1.44 bits per heavy atom. The molecule has 1 atom stereocenters. The van der Waals surface area contributed by atoms with E-state index in [1.807, 2.05) is 37.3 Å². The van der Waals surface area contributed by atoms with E-state index in [0.29, 0.717) is 6.54 Å². The summed E-state index contributed by atoms with van der Waals surface area (Å²) in [6.45, 7) is 2.45. The zero-order chi connectivity index (χ0) is 13.4. The van der Waals surface area contributed by atoms with Crippen LogP contribution in [0.1, 0.15) is 13.3 Å². The first-order valence-electron chi connectivity index (χ1n) is 5.51. The van der Waals surface area contributed by atoms with Crippen LogP contribution in [0.3, 0.4) is 0 Å². The van der Waals surface area contributed by atoms with Crippen molar-refractivity contribution >= 4 is 23.9 Å². The number of carbonyl (C=O) groups is 1. The van der Waals surface area contributed by atoms with Crippen LogP contribution in [0.15, 0.2) is 29.2 Å². The molecule has 0 aliphatic rings. The largest absolute Gasteiger partial charge is 0.314 e. The molecule has 18 heavy (non-hydrogen) atoms. The Bertz CT molecular complexity index is 490. The zero-order valence-corrected chi connectivity index (χ0v) is 10.9. The summed E-state index contributed by atoms with van der Waals surface area (Å²) in [7, 11) is 0. The molecule has 0 fully saturated rings. The maximum atomic E-state index is 11.0. The van der Waals surface area contributed by atoms with E-state index in [0.717, 1.165) is 17.0 Å². The van der Waals surface area contributed by atoms with E-state index in [1.165, 1.54) is 11.8 Å². The Morgan fingerprint density at radius 2 is 2.17 bits per heavy atom. The average molecular weight is 259 g/mol. The lowest BCUT2D eigenvalue weighted by Gasteiger charge is -2.19. The maximum Gasteiger partial charge on any atom is 0.214 e. The first-order chi connectivity index (χ1) is 8.76. The third-order valence-corrected chi connectivity index (χ3v) is 3.49. The van der Waals surface area contributed by atoms with Crippen molar-refractivity contribution in [3.05, 3.63) is 24.3 Å². The van der Waals surface area contributed by atoms with Crippen LogP contribution >= 0.6 is 11.8 Å². The van der Waals surface area contributed by atoms with Gasteiger partial charge in [0.25, 0.3) is 0 Å². The second-order valence-electron chi connectivity index (χ2n) is 3.46. The van der Waals surface area contributed by atoms with E-state index >= 15 is 0 Å². The van der Waals surface area contributed by atoms with Crippen molar-refractivity contribution in [3.8, 4) is 12.1 Å². The molecule has 0 spiro atoms. The van der Waals surface area contributed by atoms with E-state index in [1.54, 1.807) is 4.90 Å². The molecule has 0 heterocycles. The minimum Gasteiger partial charge on any atom is -0.314 e. The van der Waals surface area contributed by atoms with E-state index in [-0.39, 0.29) is 6.42 Å². The highest BCUT2D eigenvalue weighted by Gasteiger charge is 2.14. The van der Waals surface area contributed by atoms with Gasteiger partial charge in [0.2, 0.25) is 6.41 Å². The SMILES string of the molecule is CCN(C=O)c1ccccc1SC(C#N)CC#N. The predicted molar refractivity (Wildman–Crippen MR) is 71.0 cm³/mol. The minimum atomic E-state index is -0.415. The molecule has 0 aliphatic carbocycles. The Balaban J connectivity index is 2.99. The number of amides is 1. The molecule has 0 aromatic heterocycles. The minimum absolute atomic E-state index is 0.169. The summed E-state index contributed by atoms with van der Waals surface area (Å²) in [5.41, 5.74) is 0.776. The number of hydrogen-bond acceptors (Lipinski definition) is 4. The molecule has 92 valence electrons. The molecule has 1 unspecified atom stereocenters. The normalized spacial score (nSPS) is 11.1. The lowest BCUT2D eigenvalue weighted by atomic mass is 10.3. The van der Waals surface area contributed by atoms with Gasteiger partial charge in [0.1, 0.15) is 5.25 Å². The second-order valence-corrected chi connectivity index (χ2v) is 4.70. The van der Waals surface area contributed by atoms with Gasteiger partial charge in [-0.1, -0.05) is 12.1 Å². The topological polar surface area (TPSA) is 67.9 Å². The number of nitrogens with zero attached hydrogens (tertiary/aromatic N) is 3. The summed E-state index contributed by atoms with van der Waals surface area (Å²) in [5.74, 6) is 0. The van der Waals surface area contributed by atoms with Crippen LogP contribution < -0.4 is 4.90 Å². The number of rotatable bonds is 6. The molecule has 0 bridgehead atoms. The fraction of sp³-hybridized carbons (Fsp3) is 0.308. The van der Waals surface area contributed by atoms with Crippen molar-refractivity contribution in [1.29, 1.82) is 10.5 Å². The molecule has 5 heteroatoms. The van der Waals surface area contributed by atoms with Crippen LogP contribution in [0.2, 0.25) is 0 Å². The number of para-hydroxylation sites is 1. The van der Waals surface area contributed by atoms with Crippen LogP contribution in [0, 0.1) is 22.7 Å². The van der Waals surface area contributed by atoms with Crippen LogP contribution in [-0.2, 0) is 4.79 Å². The summed E-state index contributed by atoms with van der Waals surface area (Å²) in [6.07, 6.45) is 0.938. The van der Waals surface area contributed by atoms with E-state index < -0.39 is 5.25 Å². The van der Waals surface area contributed by atoms with Crippen molar-refractivity contribution in [2.24, 2.45) is 0 Å². The standard InChI is InChI=1S/C13H13N3OS/c1-2-16(10-17)12-5-3-4-6-13(12)18-11(9-15)7-8-14/h3-6,10-11H,2,7H2,1H3. The average Bonchev–Trinajstić information content (AvgIpc) is 2.41. The number of thioether (sulfide) groups is 1. The van der Waals surface area contributed by atoms with Gasteiger partial charge in [-0.2, -0.15) is 10.5 Å². The summed E-state index contributed by atoms with van der Waals surface area (Å²) in [6, 6.07) is 11.5. The number of hydrogen-bond donors (Lipinski definition) is 0. The van der Waals surface area contributed by atoms with Gasteiger partial charge in [0, 0.05) is 11.4 Å². The Hall–Kier alpha value is -1.98. The Morgan fingerprint density at radius 3 is 2.72 bits per heavy atom. The summed E-state index contributed by atoms with van der Waals surface area (Å²) >= 11 is 1.31. The monoisotopic (exact) mass is 259 g/mol. The first-order valence-corrected chi connectivity index (χ1v) is 6.39. The smallest absolute Gasteiger partial charge is 0.214 e. The summed E-state index contributed by atoms with van der Waals surface area (Å²) in [4.78, 5) is 13.4. The van der Waals surface area contributed by atoms with Crippen molar-refractivity contribution in [1.82, 2.24) is 0 Å². The van der Waals surface area contributed by atoms with Crippen molar-refractivity contribution in [3.63, 3.8) is 0 Å². The van der Waals surface area contributed by atoms with Crippen molar-refractivity contribution in [2.75, 3.05) is 11.4 Å². The third kappa shape index (κ3) is 3.51. The molecule has 1 amide bonds. The van der Waals surface area contributed by atoms with Crippen LogP contribution in [0.5, 0.6) is 0 Å². The fourth-order valence-corrected chi connectivity index (χ4v) is 2.43. The van der Waals surface area contributed by atoms with E-state index in [9.17, 15) is 4.79 Å². The summed E-state index contributed by atoms with van der Waals surface area (Å²) < 4.78 is 0. The molecule has 1 aromatic rings. The van der Waals surface area contributed by atoms with Crippen molar-refractivity contribution in [2.45, 2.75) is 23.5 Å². The van der Waals surface area contributed by atoms with Crippen LogP contribution in [0.4, 0.5) is 5.69 Å². The van der Waals surface area contributed by atoms with Crippen LogP contribution in [0.25, 0.3) is 0 Å². The Kier molecular flexibility index (Phi) is 5.76. The summed E-state index contributed by atoms with van der Waals surface area (Å²) in [5, 5.41) is 17.2. The van der Waals surface area contributed by atoms with Gasteiger partial charge in [-0.15, -0.1) is 11.8 Å². The van der Waals surface area contributed by atoms with Crippen LogP contribution in [-0.4, -0.2) is 18.2 Å². The third-order valence-electron chi connectivity index (χ3n) is 2.33. The number of nitriles is 2. The highest BCUT2D eigenvalue weighted by molar-refractivity contribution is 8.00. The maximum absolute atomic E-state index is 11.0. The van der Waals surface area contributed by atoms with Gasteiger partial charge in [0.15, 0.2) is 0 Å². The molecule has 1 aromatic carbocycles. The molecular formula is C13H13N3OS. The first kappa shape index (κ1) is 14.1. The molecule has 0 N–H and O–H groups in total. The van der Waals surface area contributed by atoms with Gasteiger partial charge in [0.05, 0.1) is 24.2 Å². The van der Waals surface area contributed by atoms with Gasteiger partial charge in [-0.25, -0.2) is 0 Å². The predicted octanol–water partition coefficient (Wildman–Crippen LogP) is 2.57. The number of benzene rings is 1. The Labute approximate surface area is 111 Å². The number of carbonyl (C=O) groups excluding carboxylic acids is 1. The molecule has 0 saturated heterocycles. The lowest BCUT2D eigenvalue weighted by molar-refractivity contribution is -0.107. The molecule has 1 rings (SSSR count). The fourth-order valence-electron chi connectivity index (χ4n) is 1.45. The second kappa shape index (κ2) is 7.37. The van der Waals surface area contributed by atoms with Gasteiger partial charge in [-0.3, -0.25) is 4.79 Å². The van der Waals surface area contributed by atoms with E-state index in [2.05, 4.69) is 6.07 Å². The van der Waals surface area contributed by atoms with Gasteiger partial charge >= 0.3 is 0 Å². The van der Waals surface area contributed by atoms with E-state index in [4.69, 9.17) is 10.5 Å². The van der Waals surface area contributed by atoms with Gasteiger partial charge < -0.3 is 4.90 Å². The molecule has 0 radical (unpaired) electrons. The molecule has 0 aliphatic heterocycles. The molecule has 4 nitrogen and oxygen atoms in total. The molecule has 0 saturated carbocycles. The quantitative estimate of drug-likeness (QED) is 0.581. The number of anilines is 1. The highest BCUT2D eigenvalue weighted by atomic mass is 32.2. The molecular weight excluding hydrogens is 246 g/mol. The lowest BCUT2D eigenvalue weighted by Crippen LogP contribution is -2.20. The van der Waals surface area contributed by atoms with Gasteiger partial charge in [-0.05, 0) is 19.1 Å². The zero-order valence-electron chi connectivity index (χ0n) is 10.0. The highest BCUT2D eigenvalue weighted by Crippen LogP contribution is 2.33. The van der Waals surface area contributed by atoms with Crippen molar-refractivity contribution < 1.29 is 4.79 Å².